The third kappa shape index (κ3) is 3.50. The zero-order valence-corrected chi connectivity index (χ0v) is 11.9. The lowest BCUT2D eigenvalue weighted by Gasteiger charge is -2.27. The van der Waals surface area contributed by atoms with Gasteiger partial charge in [-0.05, 0) is 17.5 Å². The van der Waals surface area contributed by atoms with Crippen LogP contribution >= 0.6 is 0 Å². The monoisotopic (exact) mass is 281 g/mol. The first kappa shape index (κ1) is 13.8. The SMILES string of the molecule is O=C1CC(CCOC(c2ccccc2)c2ccccc2)N1. The number of carbonyl (C=O) groups excluding carboxylic acids is 1. The fourth-order valence-corrected chi connectivity index (χ4v) is 2.57. The van der Waals surface area contributed by atoms with Gasteiger partial charge in [-0.2, -0.15) is 0 Å². The summed E-state index contributed by atoms with van der Waals surface area (Å²) in [5.41, 5.74) is 2.31. The van der Waals surface area contributed by atoms with Crippen molar-refractivity contribution in [2.24, 2.45) is 0 Å². The van der Waals surface area contributed by atoms with Gasteiger partial charge in [0, 0.05) is 19.1 Å². The molecule has 1 N–H and O–H groups in total. The summed E-state index contributed by atoms with van der Waals surface area (Å²) in [4.78, 5) is 10.9. The van der Waals surface area contributed by atoms with Gasteiger partial charge in [-0.25, -0.2) is 0 Å². The van der Waals surface area contributed by atoms with Gasteiger partial charge in [-0.15, -0.1) is 0 Å². The quantitative estimate of drug-likeness (QED) is 0.826. The molecule has 108 valence electrons. The minimum Gasteiger partial charge on any atom is -0.369 e. The first-order valence-electron chi connectivity index (χ1n) is 7.34. The van der Waals surface area contributed by atoms with Gasteiger partial charge < -0.3 is 10.1 Å². The first-order valence-corrected chi connectivity index (χ1v) is 7.34. The van der Waals surface area contributed by atoms with Gasteiger partial charge in [0.2, 0.25) is 5.91 Å². The highest BCUT2D eigenvalue weighted by molar-refractivity contribution is 5.82. The van der Waals surface area contributed by atoms with E-state index in [1.54, 1.807) is 0 Å². The molecule has 3 nitrogen and oxygen atoms in total. The number of carbonyl (C=O) groups is 1. The number of amides is 1. The molecule has 1 heterocycles. The Labute approximate surface area is 124 Å². The summed E-state index contributed by atoms with van der Waals surface area (Å²) in [6.07, 6.45) is 1.44. The lowest BCUT2D eigenvalue weighted by atomic mass is 10.0. The van der Waals surface area contributed by atoms with E-state index in [2.05, 4.69) is 29.6 Å². The normalized spacial score (nSPS) is 17.4. The van der Waals surface area contributed by atoms with Crippen molar-refractivity contribution in [3.63, 3.8) is 0 Å². The smallest absolute Gasteiger partial charge is 0.222 e. The Morgan fingerprint density at radius 3 is 2.00 bits per heavy atom. The van der Waals surface area contributed by atoms with Crippen LogP contribution in [0.1, 0.15) is 30.1 Å². The molecule has 3 heteroatoms. The summed E-state index contributed by atoms with van der Waals surface area (Å²) in [5, 5.41) is 2.88. The molecule has 1 saturated heterocycles. The second kappa shape index (κ2) is 6.55. The van der Waals surface area contributed by atoms with Crippen LogP contribution in [-0.4, -0.2) is 18.6 Å². The van der Waals surface area contributed by atoms with Crippen molar-refractivity contribution in [2.45, 2.75) is 25.0 Å². The van der Waals surface area contributed by atoms with Crippen molar-refractivity contribution in [1.82, 2.24) is 5.32 Å². The van der Waals surface area contributed by atoms with Crippen LogP contribution in [0.25, 0.3) is 0 Å². The molecule has 3 rings (SSSR count). The molecule has 1 amide bonds. The standard InChI is InChI=1S/C18H19NO2/c20-17-13-16(19-17)11-12-21-18(14-7-3-1-4-8-14)15-9-5-2-6-10-15/h1-10,16,18H,11-13H2,(H,19,20). The highest BCUT2D eigenvalue weighted by Gasteiger charge is 2.25. The highest BCUT2D eigenvalue weighted by atomic mass is 16.5. The summed E-state index contributed by atoms with van der Waals surface area (Å²) < 4.78 is 6.10. The maximum atomic E-state index is 10.9. The van der Waals surface area contributed by atoms with E-state index in [9.17, 15) is 4.79 Å². The van der Waals surface area contributed by atoms with Crippen molar-refractivity contribution >= 4 is 5.91 Å². The summed E-state index contributed by atoms with van der Waals surface area (Å²) in [7, 11) is 0. The van der Waals surface area contributed by atoms with Crippen molar-refractivity contribution in [1.29, 1.82) is 0 Å². The molecular formula is C18H19NO2. The van der Waals surface area contributed by atoms with Crippen LogP contribution in [0.2, 0.25) is 0 Å². The summed E-state index contributed by atoms with van der Waals surface area (Å²) in [6.45, 7) is 0.638. The van der Waals surface area contributed by atoms with E-state index in [-0.39, 0.29) is 18.1 Å². The molecule has 2 aromatic carbocycles. The van der Waals surface area contributed by atoms with Gasteiger partial charge in [0.15, 0.2) is 0 Å². The number of ether oxygens (including phenoxy) is 1. The zero-order valence-electron chi connectivity index (χ0n) is 11.9. The number of hydrogen-bond donors (Lipinski definition) is 1. The molecule has 0 aliphatic carbocycles. The zero-order chi connectivity index (χ0) is 14.5. The molecule has 1 aliphatic heterocycles. The van der Waals surface area contributed by atoms with Crippen LogP contribution in [0.5, 0.6) is 0 Å². The van der Waals surface area contributed by atoms with E-state index in [1.807, 2.05) is 36.4 Å². The van der Waals surface area contributed by atoms with Gasteiger partial charge in [0.25, 0.3) is 0 Å². The number of hydrogen-bond acceptors (Lipinski definition) is 2. The third-order valence-electron chi connectivity index (χ3n) is 3.75. The summed E-state index contributed by atoms with van der Waals surface area (Å²) in [5.74, 6) is 0.141. The van der Waals surface area contributed by atoms with E-state index in [4.69, 9.17) is 4.74 Å². The van der Waals surface area contributed by atoms with E-state index < -0.39 is 0 Å². The minimum absolute atomic E-state index is 0.0526. The molecular weight excluding hydrogens is 262 g/mol. The summed E-state index contributed by atoms with van der Waals surface area (Å²) in [6, 6.07) is 20.8. The van der Waals surface area contributed by atoms with Crippen molar-refractivity contribution in [3.05, 3.63) is 71.8 Å². The predicted octanol–water partition coefficient (Wildman–Crippen LogP) is 3.07. The van der Waals surface area contributed by atoms with E-state index in [0.29, 0.717) is 13.0 Å². The maximum absolute atomic E-state index is 10.9. The molecule has 0 spiro atoms. The third-order valence-corrected chi connectivity index (χ3v) is 3.75. The number of benzene rings is 2. The van der Waals surface area contributed by atoms with Crippen LogP contribution < -0.4 is 5.32 Å². The van der Waals surface area contributed by atoms with Crippen LogP contribution in [-0.2, 0) is 9.53 Å². The van der Waals surface area contributed by atoms with Gasteiger partial charge in [-0.1, -0.05) is 60.7 Å². The fourth-order valence-electron chi connectivity index (χ4n) is 2.57. The van der Waals surface area contributed by atoms with Gasteiger partial charge in [0.05, 0.1) is 0 Å². The van der Waals surface area contributed by atoms with Crippen LogP contribution in [0, 0.1) is 0 Å². The summed E-state index contributed by atoms with van der Waals surface area (Å²) >= 11 is 0. The Hall–Kier alpha value is -2.13. The Morgan fingerprint density at radius 1 is 1.00 bits per heavy atom. The Morgan fingerprint density at radius 2 is 1.52 bits per heavy atom. The van der Waals surface area contributed by atoms with Gasteiger partial charge in [-0.3, -0.25) is 4.79 Å². The Kier molecular flexibility index (Phi) is 4.31. The average molecular weight is 281 g/mol. The Balaban J connectivity index is 1.66. The second-order valence-corrected chi connectivity index (χ2v) is 5.33. The number of nitrogens with one attached hydrogen (secondary N) is 1. The molecule has 0 bridgehead atoms. The van der Waals surface area contributed by atoms with E-state index >= 15 is 0 Å². The Bertz CT molecular complexity index is 535. The highest BCUT2D eigenvalue weighted by Crippen LogP contribution is 2.26. The molecule has 0 aromatic heterocycles. The van der Waals surface area contributed by atoms with Crippen molar-refractivity contribution < 1.29 is 9.53 Å². The fraction of sp³-hybridized carbons (Fsp3) is 0.278. The lowest BCUT2D eigenvalue weighted by molar-refractivity contribution is -0.128. The molecule has 1 unspecified atom stereocenters. The first-order chi connectivity index (χ1) is 10.3. The molecule has 0 radical (unpaired) electrons. The van der Waals surface area contributed by atoms with Gasteiger partial charge >= 0.3 is 0 Å². The minimum atomic E-state index is -0.0526. The molecule has 21 heavy (non-hydrogen) atoms. The molecule has 2 aromatic rings. The number of β-lactam (4-membered cyclic amide) rings is 1. The second-order valence-electron chi connectivity index (χ2n) is 5.33. The van der Waals surface area contributed by atoms with Crippen LogP contribution in [0.4, 0.5) is 0 Å². The van der Waals surface area contributed by atoms with Crippen LogP contribution in [0.3, 0.4) is 0 Å². The maximum Gasteiger partial charge on any atom is 0.222 e. The topological polar surface area (TPSA) is 38.3 Å². The molecule has 1 atom stereocenters. The molecule has 1 aliphatic rings. The van der Waals surface area contributed by atoms with Crippen molar-refractivity contribution in [3.8, 4) is 0 Å². The van der Waals surface area contributed by atoms with Crippen molar-refractivity contribution in [2.75, 3.05) is 6.61 Å². The number of rotatable bonds is 6. The van der Waals surface area contributed by atoms with Gasteiger partial charge in [0.1, 0.15) is 6.10 Å². The van der Waals surface area contributed by atoms with Crippen LogP contribution in [0.15, 0.2) is 60.7 Å². The molecule has 0 saturated carbocycles. The molecule has 1 fully saturated rings. The lowest BCUT2D eigenvalue weighted by Crippen LogP contribution is -2.48. The van der Waals surface area contributed by atoms with E-state index in [1.165, 1.54) is 0 Å². The largest absolute Gasteiger partial charge is 0.369 e. The average Bonchev–Trinajstić information content (AvgIpc) is 2.51. The predicted molar refractivity (Wildman–Crippen MR) is 81.8 cm³/mol. The van der Waals surface area contributed by atoms with E-state index in [0.717, 1.165) is 17.5 Å².